The second kappa shape index (κ2) is 7.76. The van der Waals surface area contributed by atoms with Crippen LogP contribution in [0, 0.1) is 0 Å². The van der Waals surface area contributed by atoms with Crippen LogP contribution in [0.4, 0.5) is 0 Å². The van der Waals surface area contributed by atoms with E-state index in [9.17, 15) is 14.4 Å². The summed E-state index contributed by atoms with van der Waals surface area (Å²) in [5, 5.41) is 8.87. The molecule has 2 rings (SSSR count). The minimum Gasteiger partial charge on any atom is -0.478 e. The summed E-state index contributed by atoms with van der Waals surface area (Å²) in [6.45, 7) is 0.675. The van der Waals surface area contributed by atoms with Crippen molar-refractivity contribution in [2.75, 3.05) is 6.54 Å². The molecule has 1 fully saturated rings. The Kier molecular flexibility index (Phi) is 5.73. The summed E-state index contributed by atoms with van der Waals surface area (Å²) in [6.07, 6.45) is 3.91. The molecule has 1 saturated heterocycles. The van der Waals surface area contributed by atoms with Crippen LogP contribution in [0.5, 0.6) is 0 Å². The standard InChI is InChI=1S/C17H22N2O4/c18-15(20)11-14-3-1-2-10-19(14)16(21)9-6-12-4-7-13(8-5-12)17(22)23/h4-5,7-8,14H,1-3,6,9-11H2,(H2,18,20)(H,22,23)/t14-/m1/s1. The number of hydrogen-bond acceptors (Lipinski definition) is 3. The monoisotopic (exact) mass is 318 g/mol. The first-order valence-electron chi connectivity index (χ1n) is 7.87. The Balaban J connectivity index is 1.92. The number of rotatable bonds is 6. The number of aromatic carboxylic acids is 1. The van der Waals surface area contributed by atoms with Crippen LogP contribution in [0.15, 0.2) is 24.3 Å². The number of likely N-dealkylation sites (tertiary alicyclic amines) is 1. The highest BCUT2D eigenvalue weighted by Gasteiger charge is 2.27. The van der Waals surface area contributed by atoms with Crippen LogP contribution < -0.4 is 5.73 Å². The van der Waals surface area contributed by atoms with E-state index in [4.69, 9.17) is 10.8 Å². The predicted octanol–water partition coefficient (Wildman–Crippen LogP) is 1.57. The first-order chi connectivity index (χ1) is 11.0. The van der Waals surface area contributed by atoms with Gasteiger partial charge in [-0.15, -0.1) is 0 Å². The molecular formula is C17H22N2O4. The molecule has 1 aromatic carbocycles. The number of hydrogen-bond donors (Lipinski definition) is 2. The van der Waals surface area contributed by atoms with Crippen LogP contribution >= 0.6 is 0 Å². The van der Waals surface area contributed by atoms with E-state index in [-0.39, 0.29) is 29.8 Å². The number of carboxylic acids is 1. The van der Waals surface area contributed by atoms with Crippen LogP contribution in [-0.4, -0.2) is 40.4 Å². The lowest BCUT2D eigenvalue weighted by Crippen LogP contribution is -2.45. The first-order valence-corrected chi connectivity index (χ1v) is 7.87. The van der Waals surface area contributed by atoms with Crippen LogP contribution in [0.25, 0.3) is 0 Å². The van der Waals surface area contributed by atoms with Crippen molar-refractivity contribution in [1.82, 2.24) is 4.90 Å². The minimum atomic E-state index is -0.963. The highest BCUT2D eigenvalue weighted by molar-refractivity contribution is 5.87. The molecule has 0 spiro atoms. The Labute approximate surface area is 135 Å². The van der Waals surface area contributed by atoms with Crippen molar-refractivity contribution in [3.8, 4) is 0 Å². The summed E-state index contributed by atoms with van der Waals surface area (Å²) >= 11 is 0. The largest absolute Gasteiger partial charge is 0.478 e. The first kappa shape index (κ1) is 17.0. The number of carboxylic acid groups (broad SMARTS) is 1. The molecule has 0 saturated carbocycles. The van der Waals surface area contributed by atoms with Gasteiger partial charge in [0.1, 0.15) is 0 Å². The van der Waals surface area contributed by atoms with Crippen molar-refractivity contribution in [1.29, 1.82) is 0 Å². The molecule has 0 aliphatic carbocycles. The van der Waals surface area contributed by atoms with Crippen molar-refractivity contribution >= 4 is 17.8 Å². The molecule has 1 aromatic rings. The van der Waals surface area contributed by atoms with Gasteiger partial charge in [-0.25, -0.2) is 4.79 Å². The predicted molar refractivity (Wildman–Crippen MR) is 84.9 cm³/mol. The van der Waals surface area contributed by atoms with Gasteiger partial charge in [-0.05, 0) is 43.4 Å². The van der Waals surface area contributed by atoms with Crippen molar-refractivity contribution in [2.45, 2.75) is 44.6 Å². The van der Waals surface area contributed by atoms with Gasteiger partial charge in [0, 0.05) is 25.4 Å². The maximum Gasteiger partial charge on any atom is 0.335 e. The van der Waals surface area contributed by atoms with Crippen LogP contribution in [0.2, 0.25) is 0 Å². The van der Waals surface area contributed by atoms with E-state index < -0.39 is 5.97 Å². The summed E-state index contributed by atoms with van der Waals surface area (Å²) in [5.41, 5.74) is 6.42. The van der Waals surface area contributed by atoms with Gasteiger partial charge in [-0.1, -0.05) is 12.1 Å². The fourth-order valence-electron chi connectivity index (χ4n) is 2.98. The zero-order valence-electron chi connectivity index (χ0n) is 13.0. The Morgan fingerprint density at radius 2 is 1.87 bits per heavy atom. The summed E-state index contributed by atoms with van der Waals surface area (Å²) in [4.78, 5) is 36.1. The smallest absolute Gasteiger partial charge is 0.335 e. The third-order valence-electron chi connectivity index (χ3n) is 4.21. The molecule has 6 nitrogen and oxygen atoms in total. The Morgan fingerprint density at radius 1 is 1.17 bits per heavy atom. The van der Waals surface area contributed by atoms with Gasteiger partial charge in [-0.2, -0.15) is 0 Å². The molecule has 1 heterocycles. The maximum absolute atomic E-state index is 12.4. The second-order valence-corrected chi connectivity index (χ2v) is 5.91. The third-order valence-corrected chi connectivity index (χ3v) is 4.21. The number of primary amides is 1. The van der Waals surface area contributed by atoms with E-state index in [0.717, 1.165) is 24.8 Å². The van der Waals surface area contributed by atoms with Gasteiger partial charge in [0.05, 0.1) is 5.56 Å². The van der Waals surface area contributed by atoms with Crippen LogP contribution in [0.3, 0.4) is 0 Å². The topological polar surface area (TPSA) is 101 Å². The highest BCUT2D eigenvalue weighted by atomic mass is 16.4. The molecule has 0 aromatic heterocycles. The van der Waals surface area contributed by atoms with Gasteiger partial charge in [0.25, 0.3) is 0 Å². The SMILES string of the molecule is NC(=O)C[C@H]1CCCCN1C(=O)CCc1ccc(C(=O)O)cc1. The van der Waals surface area contributed by atoms with Gasteiger partial charge < -0.3 is 15.7 Å². The van der Waals surface area contributed by atoms with E-state index in [1.807, 2.05) is 0 Å². The summed E-state index contributed by atoms with van der Waals surface area (Å²) < 4.78 is 0. The summed E-state index contributed by atoms with van der Waals surface area (Å²) in [7, 11) is 0. The van der Waals surface area contributed by atoms with Crippen molar-refractivity contribution in [2.24, 2.45) is 5.73 Å². The fraction of sp³-hybridized carbons (Fsp3) is 0.471. The van der Waals surface area contributed by atoms with E-state index in [2.05, 4.69) is 0 Å². The normalized spacial score (nSPS) is 17.7. The number of aryl methyl sites for hydroxylation is 1. The molecule has 2 amide bonds. The van der Waals surface area contributed by atoms with E-state index in [0.29, 0.717) is 19.4 Å². The van der Waals surface area contributed by atoms with Crippen molar-refractivity contribution in [3.63, 3.8) is 0 Å². The van der Waals surface area contributed by atoms with Gasteiger partial charge in [-0.3, -0.25) is 9.59 Å². The quantitative estimate of drug-likeness (QED) is 0.831. The number of carbonyl (C=O) groups excluding carboxylic acids is 2. The molecule has 6 heteroatoms. The average molecular weight is 318 g/mol. The van der Waals surface area contributed by atoms with Gasteiger partial charge >= 0.3 is 5.97 Å². The van der Waals surface area contributed by atoms with Crippen LogP contribution in [-0.2, 0) is 16.0 Å². The summed E-state index contributed by atoms with van der Waals surface area (Å²) in [5.74, 6) is -1.31. The van der Waals surface area contributed by atoms with E-state index in [1.165, 1.54) is 0 Å². The second-order valence-electron chi connectivity index (χ2n) is 5.91. The lowest BCUT2D eigenvalue weighted by Gasteiger charge is -2.35. The minimum absolute atomic E-state index is 0.0262. The van der Waals surface area contributed by atoms with Crippen LogP contribution in [0.1, 0.15) is 48.0 Å². The lowest BCUT2D eigenvalue weighted by atomic mass is 9.98. The number of amides is 2. The number of piperidine rings is 1. The molecule has 1 atom stereocenters. The van der Waals surface area contributed by atoms with E-state index in [1.54, 1.807) is 29.2 Å². The number of nitrogens with two attached hydrogens (primary N) is 1. The number of benzene rings is 1. The van der Waals surface area contributed by atoms with Gasteiger partial charge in [0.2, 0.25) is 11.8 Å². The number of nitrogens with zero attached hydrogens (tertiary/aromatic N) is 1. The fourth-order valence-corrected chi connectivity index (χ4v) is 2.98. The molecule has 1 aliphatic rings. The molecular weight excluding hydrogens is 296 g/mol. The summed E-state index contributed by atoms with van der Waals surface area (Å²) in [6, 6.07) is 6.46. The molecule has 0 unspecified atom stereocenters. The van der Waals surface area contributed by atoms with Gasteiger partial charge in [0.15, 0.2) is 0 Å². The molecule has 23 heavy (non-hydrogen) atoms. The Morgan fingerprint density at radius 3 is 2.48 bits per heavy atom. The number of carbonyl (C=O) groups is 3. The molecule has 1 aliphatic heterocycles. The maximum atomic E-state index is 12.4. The molecule has 0 bridgehead atoms. The zero-order chi connectivity index (χ0) is 16.8. The Hall–Kier alpha value is -2.37. The van der Waals surface area contributed by atoms with E-state index >= 15 is 0 Å². The molecule has 0 radical (unpaired) electrons. The lowest BCUT2D eigenvalue weighted by molar-refractivity contribution is -0.135. The Bertz CT molecular complexity index is 583. The third kappa shape index (κ3) is 4.81. The van der Waals surface area contributed by atoms with Crippen molar-refractivity contribution < 1.29 is 19.5 Å². The zero-order valence-corrected chi connectivity index (χ0v) is 13.0. The highest BCUT2D eigenvalue weighted by Crippen LogP contribution is 2.21. The van der Waals surface area contributed by atoms with Crippen molar-refractivity contribution in [3.05, 3.63) is 35.4 Å². The molecule has 3 N–H and O–H groups in total. The average Bonchev–Trinajstić information content (AvgIpc) is 2.53. The molecule has 124 valence electrons.